The summed E-state index contributed by atoms with van der Waals surface area (Å²) in [4.78, 5) is 87.9. The Morgan fingerprint density at radius 3 is 1.57 bits per heavy atom. The van der Waals surface area contributed by atoms with Gasteiger partial charge in [0, 0.05) is 82.8 Å². The molecule has 20 heteroatoms. The number of H-pyrrole nitrogens is 2. The number of rotatable bonds is 8. The molecule has 0 radical (unpaired) electrons. The second kappa shape index (κ2) is 25.3. The van der Waals surface area contributed by atoms with Crippen molar-refractivity contribution in [2.45, 2.75) is 91.1 Å². The van der Waals surface area contributed by atoms with E-state index < -0.39 is 17.5 Å². The van der Waals surface area contributed by atoms with Crippen LogP contribution in [0, 0.1) is 17.8 Å². The monoisotopic (exact) mass is 988 g/mol. The topological polar surface area (TPSA) is 289 Å². The van der Waals surface area contributed by atoms with Crippen molar-refractivity contribution in [1.82, 2.24) is 31.0 Å². The first-order valence-electron chi connectivity index (χ1n) is 24.2. The van der Waals surface area contributed by atoms with Crippen LogP contribution in [0.25, 0.3) is 21.8 Å². The molecule has 382 valence electrons. The second-order valence-corrected chi connectivity index (χ2v) is 19.0. The number of carbonyl (C=O) groups excluding carboxylic acids is 5. The fourth-order valence-electron chi connectivity index (χ4n) is 8.73. The number of allylic oxidation sites excluding steroid dienone is 3. The third kappa shape index (κ3) is 16.1. The number of nitrogens with one attached hydrogen (secondary N) is 7. The number of likely N-dealkylation sites (tertiary alicyclic amines) is 1. The van der Waals surface area contributed by atoms with Crippen molar-refractivity contribution in [1.29, 1.82) is 0 Å². The number of piperidine rings is 2. The van der Waals surface area contributed by atoms with Crippen LogP contribution < -0.4 is 26.8 Å². The van der Waals surface area contributed by atoms with Gasteiger partial charge in [-0.1, -0.05) is 37.5 Å². The van der Waals surface area contributed by atoms with E-state index in [4.69, 9.17) is 19.7 Å². The molecule has 2 saturated heterocycles. The van der Waals surface area contributed by atoms with E-state index >= 15 is 0 Å². The van der Waals surface area contributed by atoms with Crippen LogP contribution in [-0.4, -0.2) is 111 Å². The minimum Gasteiger partial charge on any atom is -0.481 e. The van der Waals surface area contributed by atoms with E-state index in [1.54, 1.807) is 60.1 Å². The second-order valence-electron chi connectivity index (χ2n) is 19.0. The first kappa shape index (κ1) is 53.5. The number of hydrogen-bond donors (Lipinski definition) is 9. The Balaban J connectivity index is 0.000000173. The molecule has 20 nitrogen and oxygen atoms in total. The number of benzene rings is 2. The predicted octanol–water partition coefficient (Wildman–Crippen LogP) is 7.42. The number of carboxylic acids is 2. The van der Waals surface area contributed by atoms with Crippen molar-refractivity contribution in [3.63, 3.8) is 0 Å². The molecule has 2 aromatic heterocycles. The molecule has 72 heavy (non-hydrogen) atoms. The van der Waals surface area contributed by atoms with Crippen molar-refractivity contribution >= 4 is 87.3 Å². The summed E-state index contributed by atoms with van der Waals surface area (Å²) in [5.74, 6) is -1.52. The van der Waals surface area contributed by atoms with Crippen LogP contribution in [0.3, 0.4) is 0 Å². The van der Waals surface area contributed by atoms with Gasteiger partial charge >= 0.3 is 12.1 Å². The van der Waals surface area contributed by atoms with Gasteiger partial charge in [0.15, 0.2) is 0 Å². The number of ether oxygens (including phenoxy) is 1. The largest absolute Gasteiger partial charge is 0.481 e. The zero-order valence-electron chi connectivity index (χ0n) is 41.0. The number of anilines is 2. The van der Waals surface area contributed by atoms with Gasteiger partial charge < -0.3 is 45.8 Å². The van der Waals surface area contributed by atoms with Crippen molar-refractivity contribution in [3.8, 4) is 0 Å². The lowest BCUT2D eigenvalue weighted by molar-refractivity contribution is -0.134. The number of aromatic amines is 2. The number of nitrogens with zero attached hydrogens (tertiary/aromatic N) is 3. The Labute approximate surface area is 416 Å². The van der Waals surface area contributed by atoms with Crippen molar-refractivity contribution in [3.05, 3.63) is 95.4 Å². The molecule has 1 aliphatic carbocycles. The molecule has 4 aliphatic heterocycles. The van der Waals surface area contributed by atoms with Crippen molar-refractivity contribution in [2.75, 3.05) is 36.8 Å². The standard InChI is InChI=1S/C19H20N4O2.C18H19N5O2.C13H21NO4.C2H4O2/c24-17(7-6-12-4-2-1-3-5-12)22-14-8-15-18-13(10-20-16(18)9-14)11-21-23-19(15)25;24-16(2-1-11-3-5-19-6-4-11)22-13-7-14-17-12(9-20-15(17)8-13)10-21-23-18(14)25;1-13(2,3)18-12(17)14-8-6-10(7-9-14)4-5-11(15)16;1-2(3)4/h6-12,20H,1-5H2,(H,22,24)(H,23,25);1-2,7-11,19-20H,3-6H2,(H,22,24)(H,23,25);4-5,10H,6-9H2,1-3H3,(H,15,16);1H3,(H,3,4)/b7-6+;2-1+;5-4+;. The van der Waals surface area contributed by atoms with Crippen LogP contribution in [0.1, 0.15) is 117 Å². The molecule has 0 atom stereocenters. The normalized spacial score (nSPS) is 17.1. The molecule has 4 aromatic rings. The molecule has 0 spiro atoms. The molecular formula is C52H64N10O10. The Morgan fingerprint density at radius 1 is 0.667 bits per heavy atom. The van der Waals surface area contributed by atoms with E-state index in [1.165, 1.54) is 25.3 Å². The summed E-state index contributed by atoms with van der Waals surface area (Å²) in [7, 11) is 0. The molecule has 9 rings (SSSR count). The average molecular weight is 989 g/mol. The third-order valence-corrected chi connectivity index (χ3v) is 12.2. The molecular weight excluding hydrogens is 925 g/mol. The van der Waals surface area contributed by atoms with Gasteiger partial charge in [-0.05, 0) is 127 Å². The highest BCUT2D eigenvalue weighted by atomic mass is 16.6. The van der Waals surface area contributed by atoms with Crippen LogP contribution >= 0.6 is 0 Å². The Hall–Kier alpha value is -7.87. The molecule has 5 amide bonds. The molecule has 3 fully saturated rings. The van der Waals surface area contributed by atoms with Crippen LogP contribution in [0.15, 0.2) is 83.3 Å². The highest BCUT2D eigenvalue weighted by Crippen LogP contribution is 2.30. The van der Waals surface area contributed by atoms with Gasteiger partial charge in [0.25, 0.3) is 17.8 Å². The van der Waals surface area contributed by atoms with E-state index in [-0.39, 0.29) is 35.6 Å². The van der Waals surface area contributed by atoms with Crippen LogP contribution in [0.5, 0.6) is 0 Å². The maximum Gasteiger partial charge on any atom is 0.410 e. The third-order valence-electron chi connectivity index (χ3n) is 12.2. The van der Waals surface area contributed by atoms with Crippen LogP contribution in [-0.2, 0) is 23.9 Å². The first-order valence-corrected chi connectivity index (χ1v) is 24.2. The van der Waals surface area contributed by atoms with Crippen LogP contribution in [0.4, 0.5) is 16.2 Å². The number of amides is 5. The molecule has 2 aromatic carbocycles. The van der Waals surface area contributed by atoms with E-state index in [1.807, 2.05) is 45.1 Å². The van der Waals surface area contributed by atoms with Gasteiger partial charge in [0.05, 0.1) is 23.6 Å². The van der Waals surface area contributed by atoms with E-state index in [9.17, 15) is 28.8 Å². The first-order chi connectivity index (χ1) is 34.4. The highest BCUT2D eigenvalue weighted by molar-refractivity contribution is 6.17. The molecule has 6 heterocycles. The molecule has 1 saturated carbocycles. The fourth-order valence-corrected chi connectivity index (χ4v) is 8.73. The SMILES string of the molecule is CC(=O)O.CC(C)(C)OC(=O)N1CCC(/C=C/C(=O)O)CC1.O=C(/C=C/C1CCCCC1)Nc1cc2c3c(c[nH]c3c1)C=NNC2=O.O=C(/C=C/C1CCNCC1)Nc1cc2c3c(c[nH]c3c1)C=NNC2=O. The highest BCUT2D eigenvalue weighted by Gasteiger charge is 2.26. The number of carboxylic acid groups (broad SMARTS) is 2. The Bertz CT molecular complexity index is 2620. The molecule has 5 aliphatic rings. The van der Waals surface area contributed by atoms with E-state index in [0.29, 0.717) is 47.4 Å². The summed E-state index contributed by atoms with van der Waals surface area (Å²) >= 11 is 0. The lowest BCUT2D eigenvalue weighted by atomic mass is 9.89. The molecule has 0 bridgehead atoms. The lowest BCUT2D eigenvalue weighted by Crippen LogP contribution is -2.41. The van der Waals surface area contributed by atoms with E-state index in [2.05, 4.69) is 47.0 Å². The lowest BCUT2D eigenvalue weighted by Gasteiger charge is -2.32. The summed E-state index contributed by atoms with van der Waals surface area (Å²) in [6, 6.07) is 7.03. The number of aliphatic carboxylic acids is 2. The van der Waals surface area contributed by atoms with Gasteiger partial charge in [0.2, 0.25) is 11.8 Å². The van der Waals surface area contributed by atoms with Crippen molar-refractivity contribution < 1.29 is 48.5 Å². The van der Waals surface area contributed by atoms with E-state index in [0.717, 1.165) is 91.5 Å². The van der Waals surface area contributed by atoms with Gasteiger partial charge in [-0.15, -0.1) is 0 Å². The number of hydrazone groups is 2. The minimum absolute atomic E-state index is 0.172. The predicted molar refractivity (Wildman–Crippen MR) is 275 cm³/mol. The van der Waals surface area contributed by atoms with Gasteiger partial charge in [-0.2, -0.15) is 10.2 Å². The molecule has 0 unspecified atom stereocenters. The quantitative estimate of drug-likeness (QED) is 0.0783. The maximum atomic E-state index is 12.2. The van der Waals surface area contributed by atoms with Crippen LogP contribution in [0.2, 0.25) is 0 Å². The summed E-state index contributed by atoms with van der Waals surface area (Å²) < 4.78 is 5.29. The van der Waals surface area contributed by atoms with Gasteiger partial charge in [-0.3, -0.25) is 24.0 Å². The fraction of sp³-hybridized carbons (Fsp3) is 0.404. The maximum absolute atomic E-state index is 12.2. The summed E-state index contributed by atoms with van der Waals surface area (Å²) in [6.07, 6.45) is 26.3. The summed E-state index contributed by atoms with van der Waals surface area (Å²) in [6.45, 7) is 9.81. The summed E-state index contributed by atoms with van der Waals surface area (Å²) in [5.41, 5.74) is 9.89. The van der Waals surface area contributed by atoms with Gasteiger partial charge in [0.1, 0.15) is 5.60 Å². The van der Waals surface area contributed by atoms with Gasteiger partial charge in [-0.25, -0.2) is 20.4 Å². The number of aromatic nitrogens is 2. The number of hydrogen-bond acceptors (Lipinski definition) is 11. The Kier molecular flexibility index (Phi) is 18.8. The Morgan fingerprint density at radius 2 is 1.11 bits per heavy atom. The zero-order valence-corrected chi connectivity index (χ0v) is 41.0. The summed E-state index contributed by atoms with van der Waals surface area (Å²) in [5, 5.41) is 34.4. The smallest absolute Gasteiger partial charge is 0.410 e. The zero-order chi connectivity index (χ0) is 51.8. The molecule has 9 N–H and O–H groups in total. The minimum atomic E-state index is -0.926. The van der Waals surface area contributed by atoms with Crippen molar-refractivity contribution in [2.24, 2.45) is 28.0 Å². The number of carbonyl (C=O) groups is 7. The average Bonchev–Trinajstić information content (AvgIpc) is 3.85.